The molecule has 1 heterocycles. The van der Waals surface area contributed by atoms with Crippen LogP contribution >= 0.6 is 11.3 Å². The molecule has 5 nitrogen and oxygen atoms in total. The first-order valence-electron chi connectivity index (χ1n) is 7.65. The van der Waals surface area contributed by atoms with Crippen molar-refractivity contribution < 1.29 is 14.7 Å². The Balaban J connectivity index is 1.63. The van der Waals surface area contributed by atoms with E-state index in [1.807, 2.05) is 0 Å². The molecule has 0 radical (unpaired) electrons. The fourth-order valence-corrected chi connectivity index (χ4v) is 4.32. The second-order valence-corrected chi connectivity index (χ2v) is 7.07. The molecule has 1 aromatic rings. The van der Waals surface area contributed by atoms with Crippen molar-refractivity contribution in [1.82, 2.24) is 4.98 Å². The molecule has 21 heavy (non-hydrogen) atoms. The number of hydrogen-bond acceptors (Lipinski definition) is 4. The van der Waals surface area contributed by atoms with Crippen molar-refractivity contribution >= 4 is 28.3 Å². The van der Waals surface area contributed by atoms with Crippen molar-refractivity contribution in [3.63, 3.8) is 0 Å². The summed E-state index contributed by atoms with van der Waals surface area (Å²) in [7, 11) is 0. The van der Waals surface area contributed by atoms with Gasteiger partial charge in [-0.1, -0.05) is 6.42 Å². The molecule has 2 aliphatic rings. The highest BCUT2D eigenvalue weighted by atomic mass is 32.1. The van der Waals surface area contributed by atoms with Gasteiger partial charge in [0.15, 0.2) is 5.13 Å². The molecule has 2 aliphatic carbocycles. The lowest BCUT2D eigenvalue weighted by Gasteiger charge is -2.25. The van der Waals surface area contributed by atoms with Gasteiger partial charge in [0.2, 0.25) is 5.91 Å². The molecule has 1 aromatic heterocycles. The number of rotatable bonds is 3. The van der Waals surface area contributed by atoms with E-state index >= 15 is 0 Å². The van der Waals surface area contributed by atoms with Crippen molar-refractivity contribution in [1.29, 1.82) is 0 Å². The lowest BCUT2D eigenvalue weighted by atomic mass is 9.81. The average Bonchev–Trinajstić information content (AvgIpc) is 2.89. The zero-order chi connectivity index (χ0) is 14.8. The van der Waals surface area contributed by atoms with Gasteiger partial charge in [0.05, 0.1) is 11.6 Å². The molecule has 1 saturated carbocycles. The Bertz CT molecular complexity index is 532. The highest BCUT2D eigenvalue weighted by Gasteiger charge is 2.31. The van der Waals surface area contributed by atoms with Gasteiger partial charge in [-0.3, -0.25) is 9.59 Å². The molecule has 0 bridgehead atoms. The number of carbonyl (C=O) groups excluding carboxylic acids is 1. The molecule has 1 amide bonds. The van der Waals surface area contributed by atoms with Gasteiger partial charge in [0.25, 0.3) is 0 Å². The largest absolute Gasteiger partial charge is 0.481 e. The molecule has 2 atom stereocenters. The van der Waals surface area contributed by atoms with Gasteiger partial charge in [0.1, 0.15) is 0 Å². The number of aromatic nitrogens is 1. The van der Waals surface area contributed by atoms with Gasteiger partial charge in [-0.2, -0.15) is 0 Å². The molecular weight excluding hydrogens is 288 g/mol. The molecule has 3 rings (SSSR count). The first-order valence-corrected chi connectivity index (χ1v) is 8.47. The van der Waals surface area contributed by atoms with Crippen LogP contribution in [0.3, 0.4) is 0 Å². The van der Waals surface area contributed by atoms with E-state index in [4.69, 9.17) is 5.11 Å². The van der Waals surface area contributed by atoms with Crippen LogP contribution in [0.2, 0.25) is 0 Å². The smallest absolute Gasteiger partial charge is 0.306 e. The Morgan fingerprint density at radius 3 is 2.67 bits per heavy atom. The number of nitrogens with one attached hydrogen (secondary N) is 1. The maximum Gasteiger partial charge on any atom is 0.306 e. The van der Waals surface area contributed by atoms with Crippen LogP contribution in [-0.2, 0) is 22.4 Å². The predicted octanol–water partition coefficient (Wildman–Crippen LogP) is 2.85. The van der Waals surface area contributed by atoms with Crippen LogP contribution < -0.4 is 5.32 Å². The molecule has 0 spiro atoms. The lowest BCUT2D eigenvalue weighted by Crippen LogP contribution is -2.30. The third-order valence-electron chi connectivity index (χ3n) is 4.47. The Kier molecular flexibility index (Phi) is 4.24. The van der Waals surface area contributed by atoms with Crippen LogP contribution in [0, 0.1) is 11.8 Å². The van der Waals surface area contributed by atoms with Crippen LogP contribution in [-0.4, -0.2) is 22.0 Å². The first kappa shape index (κ1) is 14.5. The zero-order valence-corrected chi connectivity index (χ0v) is 12.7. The quantitative estimate of drug-likeness (QED) is 0.900. The summed E-state index contributed by atoms with van der Waals surface area (Å²) in [6.07, 6.45) is 7.17. The minimum absolute atomic E-state index is 0.0629. The van der Waals surface area contributed by atoms with Gasteiger partial charge >= 0.3 is 5.97 Å². The monoisotopic (exact) mass is 308 g/mol. The topological polar surface area (TPSA) is 79.3 Å². The summed E-state index contributed by atoms with van der Waals surface area (Å²) in [5, 5.41) is 12.7. The van der Waals surface area contributed by atoms with Crippen molar-refractivity contribution in [2.75, 3.05) is 5.32 Å². The van der Waals surface area contributed by atoms with Gasteiger partial charge in [-0.25, -0.2) is 4.98 Å². The summed E-state index contributed by atoms with van der Waals surface area (Å²) in [5.74, 6) is -1.41. The summed E-state index contributed by atoms with van der Waals surface area (Å²) in [4.78, 5) is 29.2. The predicted molar refractivity (Wildman–Crippen MR) is 80.5 cm³/mol. The van der Waals surface area contributed by atoms with Crippen LogP contribution in [0.5, 0.6) is 0 Å². The van der Waals surface area contributed by atoms with Crippen molar-refractivity contribution in [2.45, 2.75) is 51.4 Å². The molecule has 0 aliphatic heterocycles. The summed E-state index contributed by atoms with van der Waals surface area (Å²) < 4.78 is 0. The molecular formula is C15H20N2O3S. The number of fused-ring (bicyclic) bond motifs is 1. The van der Waals surface area contributed by atoms with E-state index in [1.54, 1.807) is 11.3 Å². The summed E-state index contributed by atoms with van der Waals surface area (Å²) in [6, 6.07) is 0. The van der Waals surface area contributed by atoms with E-state index in [1.165, 1.54) is 17.7 Å². The number of nitrogens with zero attached hydrogens (tertiary/aromatic N) is 1. The molecule has 6 heteroatoms. The van der Waals surface area contributed by atoms with Gasteiger partial charge in [0, 0.05) is 10.8 Å². The summed E-state index contributed by atoms with van der Waals surface area (Å²) in [5.41, 5.74) is 1.13. The lowest BCUT2D eigenvalue weighted by molar-refractivity contribution is -0.143. The molecule has 2 N–H and O–H groups in total. The van der Waals surface area contributed by atoms with Crippen LogP contribution in [0.1, 0.15) is 49.1 Å². The van der Waals surface area contributed by atoms with Gasteiger partial charge < -0.3 is 10.4 Å². The Hall–Kier alpha value is -1.43. The van der Waals surface area contributed by atoms with E-state index in [-0.39, 0.29) is 17.7 Å². The third kappa shape index (κ3) is 3.26. The average molecular weight is 308 g/mol. The second-order valence-electron chi connectivity index (χ2n) is 5.98. The van der Waals surface area contributed by atoms with E-state index in [0.29, 0.717) is 18.0 Å². The number of hydrogen-bond donors (Lipinski definition) is 2. The van der Waals surface area contributed by atoms with Crippen molar-refractivity contribution in [3.05, 3.63) is 10.6 Å². The number of aliphatic carboxylic acids is 1. The summed E-state index contributed by atoms with van der Waals surface area (Å²) in [6.45, 7) is 0. The zero-order valence-electron chi connectivity index (χ0n) is 11.9. The van der Waals surface area contributed by atoms with E-state index in [2.05, 4.69) is 10.3 Å². The van der Waals surface area contributed by atoms with Crippen molar-refractivity contribution in [2.24, 2.45) is 11.8 Å². The Morgan fingerprint density at radius 2 is 1.90 bits per heavy atom. The van der Waals surface area contributed by atoms with Crippen LogP contribution in [0.4, 0.5) is 5.13 Å². The van der Waals surface area contributed by atoms with Crippen LogP contribution in [0.15, 0.2) is 0 Å². The molecule has 0 saturated heterocycles. The standard InChI is InChI=1S/C15H20N2O3S/c18-13(9-4-3-5-10(8-9)14(19)20)17-15-16-11-6-1-2-7-12(11)21-15/h9-10H,1-8H2,(H,19,20)(H,16,17,18). The number of aryl methyl sites for hydroxylation is 2. The minimum Gasteiger partial charge on any atom is -0.481 e. The molecule has 114 valence electrons. The molecule has 1 fully saturated rings. The van der Waals surface area contributed by atoms with Crippen LogP contribution in [0.25, 0.3) is 0 Å². The number of carbonyl (C=O) groups is 2. The number of carboxylic acid groups (broad SMARTS) is 1. The van der Waals surface area contributed by atoms with Gasteiger partial charge in [-0.05, 0) is 44.9 Å². The third-order valence-corrected chi connectivity index (χ3v) is 5.54. The van der Waals surface area contributed by atoms with E-state index in [0.717, 1.165) is 31.4 Å². The minimum atomic E-state index is -0.780. The number of carboxylic acids is 1. The number of thiazole rings is 1. The first-order chi connectivity index (χ1) is 10.1. The SMILES string of the molecule is O=C(O)C1CCCC(C(=O)Nc2nc3c(s2)CCCC3)C1. The molecule has 2 unspecified atom stereocenters. The van der Waals surface area contributed by atoms with Gasteiger partial charge in [-0.15, -0.1) is 11.3 Å². The normalized spacial score (nSPS) is 25.1. The maximum atomic E-state index is 12.3. The summed E-state index contributed by atoms with van der Waals surface area (Å²) >= 11 is 1.58. The number of anilines is 1. The van der Waals surface area contributed by atoms with E-state index in [9.17, 15) is 9.59 Å². The second kappa shape index (κ2) is 6.13. The highest BCUT2D eigenvalue weighted by molar-refractivity contribution is 7.15. The fourth-order valence-electron chi connectivity index (χ4n) is 3.27. The Labute approximate surface area is 127 Å². The Morgan fingerprint density at radius 1 is 1.14 bits per heavy atom. The van der Waals surface area contributed by atoms with E-state index < -0.39 is 5.97 Å². The van der Waals surface area contributed by atoms with Crippen molar-refractivity contribution in [3.8, 4) is 0 Å². The highest BCUT2D eigenvalue weighted by Crippen LogP contribution is 2.32. The molecule has 0 aromatic carbocycles. The number of amides is 1. The maximum absolute atomic E-state index is 12.3. The fraction of sp³-hybridized carbons (Fsp3) is 0.667.